The number of nitrogens with zero attached hydrogens (tertiary/aromatic N) is 3. The zero-order valence-electron chi connectivity index (χ0n) is 13.0. The first kappa shape index (κ1) is 13.2. The van der Waals surface area contributed by atoms with Crippen molar-refractivity contribution in [2.75, 3.05) is 26.2 Å². The number of carbonyl (C=O) groups is 1. The van der Waals surface area contributed by atoms with Gasteiger partial charge in [-0.05, 0) is 18.4 Å². The monoisotopic (exact) mass is 286 g/mol. The Labute approximate surface area is 125 Å². The molecule has 21 heavy (non-hydrogen) atoms. The summed E-state index contributed by atoms with van der Waals surface area (Å²) in [7, 11) is 0. The molecule has 3 heterocycles. The zero-order chi connectivity index (χ0) is 14.8. The minimum absolute atomic E-state index is 0.0338. The Kier molecular flexibility index (Phi) is 2.53. The molecular formula is C16H22N4O. The minimum Gasteiger partial charge on any atom is -0.342 e. The summed E-state index contributed by atoms with van der Waals surface area (Å²) < 4.78 is 0. The van der Waals surface area contributed by atoms with Gasteiger partial charge in [-0.3, -0.25) is 4.79 Å². The molecule has 3 aliphatic heterocycles. The maximum Gasteiger partial charge on any atom is 0.162 e. The normalized spacial score (nSPS) is 29.4. The van der Waals surface area contributed by atoms with Gasteiger partial charge in [0.15, 0.2) is 11.6 Å². The highest BCUT2D eigenvalue weighted by molar-refractivity contribution is 6.00. The van der Waals surface area contributed by atoms with Crippen molar-refractivity contribution in [2.45, 2.75) is 33.6 Å². The first-order valence-corrected chi connectivity index (χ1v) is 7.82. The van der Waals surface area contributed by atoms with E-state index < -0.39 is 0 Å². The second kappa shape index (κ2) is 4.03. The van der Waals surface area contributed by atoms with E-state index in [1.54, 1.807) is 0 Å². The summed E-state index contributed by atoms with van der Waals surface area (Å²) in [6, 6.07) is 0. The summed E-state index contributed by atoms with van der Waals surface area (Å²) >= 11 is 0. The molecule has 0 unspecified atom stereocenters. The first-order chi connectivity index (χ1) is 9.95. The molecular weight excluding hydrogens is 264 g/mol. The van der Waals surface area contributed by atoms with E-state index in [9.17, 15) is 4.79 Å². The van der Waals surface area contributed by atoms with Gasteiger partial charge in [0.05, 0.1) is 12.0 Å². The number of nitrogens with one attached hydrogen (secondary N) is 1. The van der Waals surface area contributed by atoms with Crippen LogP contribution in [-0.2, 0) is 4.79 Å². The van der Waals surface area contributed by atoms with Crippen LogP contribution in [-0.4, -0.2) is 36.9 Å². The Morgan fingerprint density at radius 2 is 2.05 bits per heavy atom. The van der Waals surface area contributed by atoms with Crippen LogP contribution < -0.4 is 5.32 Å². The van der Waals surface area contributed by atoms with E-state index in [0.29, 0.717) is 18.7 Å². The summed E-state index contributed by atoms with van der Waals surface area (Å²) in [6.45, 7) is 10.1. The van der Waals surface area contributed by atoms with Crippen molar-refractivity contribution in [1.29, 1.82) is 0 Å². The molecule has 0 atom stereocenters. The fourth-order valence-corrected chi connectivity index (χ4v) is 4.36. The van der Waals surface area contributed by atoms with Gasteiger partial charge in [-0.1, -0.05) is 20.8 Å². The zero-order valence-corrected chi connectivity index (χ0v) is 13.0. The maximum absolute atomic E-state index is 12.8. The fraction of sp³-hybridized carbons (Fsp3) is 0.688. The molecule has 0 saturated carbocycles. The second-order valence-corrected chi connectivity index (χ2v) is 7.53. The molecule has 0 radical (unpaired) electrons. The van der Waals surface area contributed by atoms with Crippen molar-refractivity contribution < 1.29 is 4.79 Å². The molecule has 1 fully saturated rings. The second-order valence-electron chi connectivity index (χ2n) is 7.53. The van der Waals surface area contributed by atoms with E-state index in [4.69, 9.17) is 0 Å². The molecule has 0 bridgehead atoms. The third-order valence-electron chi connectivity index (χ3n) is 5.32. The van der Waals surface area contributed by atoms with Crippen LogP contribution in [0.3, 0.4) is 0 Å². The number of rotatable bonds is 1. The fourth-order valence-electron chi connectivity index (χ4n) is 4.36. The van der Waals surface area contributed by atoms with Crippen molar-refractivity contribution in [1.82, 2.24) is 10.2 Å². The summed E-state index contributed by atoms with van der Waals surface area (Å²) in [5, 5.41) is 11.9. The van der Waals surface area contributed by atoms with Gasteiger partial charge in [0, 0.05) is 36.4 Å². The van der Waals surface area contributed by atoms with Crippen LogP contribution in [0.1, 0.15) is 33.6 Å². The summed E-state index contributed by atoms with van der Waals surface area (Å²) in [6.07, 6.45) is 1.58. The molecule has 112 valence electrons. The van der Waals surface area contributed by atoms with Gasteiger partial charge >= 0.3 is 0 Å². The van der Waals surface area contributed by atoms with Crippen LogP contribution in [0.2, 0.25) is 0 Å². The van der Waals surface area contributed by atoms with Crippen LogP contribution >= 0.6 is 0 Å². The van der Waals surface area contributed by atoms with Crippen LogP contribution in [0, 0.1) is 10.8 Å². The molecule has 0 aromatic heterocycles. The number of hydrogen-bond acceptors (Lipinski definition) is 5. The lowest BCUT2D eigenvalue weighted by Gasteiger charge is -2.55. The molecule has 4 rings (SSSR count). The molecule has 0 aromatic carbocycles. The van der Waals surface area contributed by atoms with Crippen molar-refractivity contribution in [3.8, 4) is 0 Å². The third-order valence-corrected chi connectivity index (χ3v) is 5.32. The lowest BCUT2D eigenvalue weighted by atomic mass is 9.60. The standard InChI is InChI=1S/C16H22N4O/c1-4-20-8-16(9-20)10-7-17-19-14(10)18-11-5-15(2,3)6-12(21)13(11)16/h18H,4-9H2,1-3H3. The Morgan fingerprint density at radius 1 is 1.29 bits per heavy atom. The highest BCUT2D eigenvalue weighted by atomic mass is 16.1. The number of dihydropyridines is 1. The smallest absolute Gasteiger partial charge is 0.162 e. The molecule has 5 heteroatoms. The highest BCUT2D eigenvalue weighted by Crippen LogP contribution is 2.54. The van der Waals surface area contributed by atoms with Crippen LogP contribution in [0.15, 0.2) is 32.9 Å². The average Bonchev–Trinajstić information content (AvgIpc) is 2.79. The minimum atomic E-state index is -0.108. The molecule has 0 amide bonds. The summed E-state index contributed by atoms with van der Waals surface area (Å²) in [5.41, 5.74) is 3.30. The van der Waals surface area contributed by atoms with E-state index >= 15 is 0 Å². The van der Waals surface area contributed by atoms with E-state index in [1.165, 1.54) is 5.57 Å². The van der Waals surface area contributed by atoms with Crippen molar-refractivity contribution in [2.24, 2.45) is 21.1 Å². The third kappa shape index (κ3) is 1.70. The molecule has 5 nitrogen and oxygen atoms in total. The lowest BCUT2D eigenvalue weighted by Crippen LogP contribution is -2.62. The average molecular weight is 286 g/mol. The number of fused-ring (bicyclic) bond motifs is 2. The maximum atomic E-state index is 12.8. The Hall–Kier alpha value is -1.49. The number of ketones is 1. The topological polar surface area (TPSA) is 57.1 Å². The van der Waals surface area contributed by atoms with Gasteiger partial charge < -0.3 is 10.2 Å². The van der Waals surface area contributed by atoms with Crippen molar-refractivity contribution >= 4 is 5.78 Å². The highest BCUT2D eigenvalue weighted by Gasteiger charge is 2.56. The molecule has 0 aromatic rings. The van der Waals surface area contributed by atoms with E-state index in [-0.39, 0.29) is 10.8 Å². The number of likely N-dealkylation sites (tertiary alicyclic amines) is 1. The summed E-state index contributed by atoms with van der Waals surface area (Å²) in [4.78, 5) is 15.2. The number of carbonyl (C=O) groups excluding carboxylic acids is 1. The van der Waals surface area contributed by atoms with Crippen LogP contribution in [0.25, 0.3) is 0 Å². The summed E-state index contributed by atoms with van der Waals surface area (Å²) in [5.74, 6) is 1.23. The molecule has 1 saturated heterocycles. The SMILES string of the molecule is CCN1CC2(C1)C1=C(N=NC1)NC1=C2C(=O)CC(C)(C)C1. The molecule has 1 spiro atoms. The van der Waals surface area contributed by atoms with Gasteiger partial charge in [-0.2, -0.15) is 5.11 Å². The predicted molar refractivity (Wildman–Crippen MR) is 79.5 cm³/mol. The molecule has 1 aliphatic carbocycles. The first-order valence-electron chi connectivity index (χ1n) is 7.82. The molecule has 1 N–H and O–H groups in total. The van der Waals surface area contributed by atoms with E-state index in [2.05, 4.69) is 41.2 Å². The number of hydrogen-bond donors (Lipinski definition) is 1. The van der Waals surface area contributed by atoms with Crippen LogP contribution in [0.5, 0.6) is 0 Å². The van der Waals surface area contributed by atoms with Crippen molar-refractivity contribution in [3.63, 3.8) is 0 Å². The number of azo groups is 1. The van der Waals surface area contributed by atoms with Gasteiger partial charge in [-0.15, -0.1) is 5.11 Å². The Bertz CT molecular complexity index is 620. The van der Waals surface area contributed by atoms with E-state index in [0.717, 1.165) is 43.1 Å². The number of Topliss-reactive ketones (excluding diaryl/α,β-unsaturated/α-hetero) is 1. The van der Waals surface area contributed by atoms with E-state index in [1.807, 2.05) is 0 Å². The van der Waals surface area contributed by atoms with Gasteiger partial charge in [0.1, 0.15) is 0 Å². The van der Waals surface area contributed by atoms with Gasteiger partial charge in [0.2, 0.25) is 0 Å². The lowest BCUT2D eigenvalue weighted by molar-refractivity contribution is -0.120. The quantitative estimate of drug-likeness (QED) is 0.804. The number of allylic oxidation sites excluding steroid dienone is 1. The molecule has 4 aliphatic rings. The Balaban J connectivity index is 1.80. The Morgan fingerprint density at radius 3 is 2.76 bits per heavy atom. The predicted octanol–water partition coefficient (Wildman–Crippen LogP) is 2.23. The van der Waals surface area contributed by atoms with Gasteiger partial charge in [0.25, 0.3) is 0 Å². The largest absolute Gasteiger partial charge is 0.342 e. The van der Waals surface area contributed by atoms with Gasteiger partial charge in [-0.25, -0.2) is 0 Å². The van der Waals surface area contributed by atoms with Crippen LogP contribution in [0.4, 0.5) is 0 Å². The van der Waals surface area contributed by atoms with Crippen molar-refractivity contribution in [3.05, 3.63) is 22.7 Å².